The van der Waals surface area contributed by atoms with E-state index >= 15 is 0 Å². The van der Waals surface area contributed by atoms with Gasteiger partial charge in [-0.2, -0.15) is 0 Å². The van der Waals surface area contributed by atoms with Crippen molar-refractivity contribution in [2.45, 2.75) is 25.6 Å². The normalized spacial score (nSPS) is 24.8. The van der Waals surface area contributed by atoms with Crippen LogP contribution in [0.5, 0.6) is 0 Å². The second-order valence-corrected chi connectivity index (χ2v) is 3.41. The molecule has 3 nitrogen and oxygen atoms in total. The number of hydrogen-bond donors (Lipinski definition) is 1. The summed E-state index contributed by atoms with van der Waals surface area (Å²) < 4.78 is 11.1. The van der Waals surface area contributed by atoms with Crippen molar-refractivity contribution in [2.24, 2.45) is 0 Å². The minimum absolute atomic E-state index is 0.0694. The molecule has 0 bridgehead atoms. The third-order valence-corrected chi connectivity index (χ3v) is 2.36. The predicted molar refractivity (Wildman–Crippen MR) is 49.5 cm³/mol. The summed E-state index contributed by atoms with van der Waals surface area (Å²) in [5.41, 5.74) is 0. The zero-order valence-corrected chi connectivity index (χ0v) is 7.82. The van der Waals surface area contributed by atoms with Gasteiger partial charge in [-0.3, -0.25) is 0 Å². The van der Waals surface area contributed by atoms with Gasteiger partial charge in [-0.1, -0.05) is 0 Å². The molecule has 1 aliphatic rings. The van der Waals surface area contributed by atoms with Crippen molar-refractivity contribution in [3.05, 3.63) is 24.2 Å². The van der Waals surface area contributed by atoms with Crippen LogP contribution in [-0.2, 0) is 4.74 Å². The topological polar surface area (TPSA) is 34.4 Å². The molecule has 0 aromatic carbocycles. The number of rotatable bonds is 3. The maximum atomic E-state index is 5.80. The lowest BCUT2D eigenvalue weighted by molar-refractivity contribution is -0.00297. The molecule has 2 atom stereocenters. The molecule has 13 heavy (non-hydrogen) atoms. The zero-order valence-electron chi connectivity index (χ0n) is 7.82. The van der Waals surface area contributed by atoms with Gasteiger partial charge in [0.05, 0.1) is 12.4 Å². The highest BCUT2D eigenvalue weighted by Crippen LogP contribution is 2.20. The average molecular weight is 181 g/mol. The molecular formula is C10H15NO2. The second kappa shape index (κ2) is 3.94. The standard InChI is InChI=1S/C10H15NO2/c1-8(10-3-2-6-12-10)13-9-4-5-11-7-9/h2-3,6,8-9,11H,4-5,7H2,1H3/t8-,9-/m1/s1. The van der Waals surface area contributed by atoms with Gasteiger partial charge in [0.25, 0.3) is 0 Å². The van der Waals surface area contributed by atoms with E-state index in [4.69, 9.17) is 9.15 Å². The third kappa shape index (κ3) is 2.11. The first-order chi connectivity index (χ1) is 6.36. The summed E-state index contributed by atoms with van der Waals surface area (Å²) in [7, 11) is 0. The number of furan rings is 1. The Hall–Kier alpha value is -0.800. The van der Waals surface area contributed by atoms with Crippen molar-refractivity contribution >= 4 is 0 Å². The van der Waals surface area contributed by atoms with Crippen LogP contribution in [-0.4, -0.2) is 19.2 Å². The van der Waals surface area contributed by atoms with Gasteiger partial charge in [0.15, 0.2) is 0 Å². The summed E-state index contributed by atoms with van der Waals surface area (Å²) in [6.07, 6.45) is 3.20. The van der Waals surface area contributed by atoms with Crippen LogP contribution in [0.1, 0.15) is 25.2 Å². The molecule has 3 heteroatoms. The van der Waals surface area contributed by atoms with E-state index in [0.29, 0.717) is 6.10 Å². The molecule has 2 rings (SSSR count). The summed E-state index contributed by atoms with van der Waals surface area (Å²) in [6, 6.07) is 3.84. The fourth-order valence-corrected chi connectivity index (χ4v) is 1.62. The van der Waals surface area contributed by atoms with Crippen LogP contribution in [0.15, 0.2) is 22.8 Å². The van der Waals surface area contributed by atoms with E-state index in [1.807, 2.05) is 19.1 Å². The van der Waals surface area contributed by atoms with Crippen LogP contribution in [0.25, 0.3) is 0 Å². The monoisotopic (exact) mass is 181 g/mol. The van der Waals surface area contributed by atoms with Crippen LogP contribution < -0.4 is 5.32 Å². The van der Waals surface area contributed by atoms with E-state index < -0.39 is 0 Å². The number of ether oxygens (including phenoxy) is 1. The molecule has 1 fully saturated rings. The molecule has 0 radical (unpaired) electrons. The quantitative estimate of drug-likeness (QED) is 0.771. The van der Waals surface area contributed by atoms with Crippen molar-refractivity contribution in [1.29, 1.82) is 0 Å². The first kappa shape index (κ1) is 8.78. The minimum atomic E-state index is 0.0694. The van der Waals surface area contributed by atoms with Crippen molar-refractivity contribution in [3.8, 4) is 0 Å². The highest BCUT2D eigenvalue weighted by atomic mass is 16.5. The van der Waals surface area contributed by atoms with E-state index in [0.717, 1.165) is 25.3 Å². The molecule has 0 saturated carbocycles. The highest BCUT2D eigenvalue weighted by Gasteiger charge is 2.19. The molecule has 1 aromatic rings. The number of hydrogen-bond acceptors (Lipinski definition) is 3. The van der Waals surface area contributed by atoms with Crippen LogP contribution in [0, 0.1) is 0 Å². The average Bonchev–Trinajstić information content (AvgIpc) is 2.74. The smallest absolute Gasteiger partial charge is 0.132 e. The molecule has 2 heterocycles. The minimum Gasteiger partial charge on any atom is -0.467 e. The molecule has 1 aromatic heterocycles. The molecule has 1 saturated heterocycles. The maximum Gasteiger partial charge on any atom is 0.132 e. The Morgan fingerprint density at radius 2 is 2.62 bits per heavy atom. The van der Waals surface area contributed by atoms with Gasteiger partial charge in [0.1, 0.15) is 11.9 Å². The zero-order chi connectivity index (χ0) is 9.10. The Labute approximate surface area is 78.1 Å². The lowest BCUT2D eigenvalue weighted by Crippen LogP contribution is -2.18. The van der Waals surface area contributed by atoms with E-state index in [1.54, 1.807) is 6.26 Å². The van der Waals surface area contributed by atoms with E-state index in [-0.39, 0.29) is 6.10 Å². The second-order valence-electron chi connectivity index (χ2n) is 3.41. The van der Waals surface area contributed by atoms with Crippen LogP contribution in [0.3, 0.4) is 0 Å². The SMILES string of the molecule is C[C@@H](O[C@@H]1CCNC1)c1ccco1. The lowest BCUT2D eigenvalue weighted by Gasteiger charge is -2.15. The van der Waals surface area contributed by atoms with Gasteiger partial charge in [-0.25, -0.2) is 0 Å². The summed E-state index contributed by atoms with van der Waals surface area (Å²) in [5.74, 6) is 0.909. The van der Waals surface area contributed by atoms with Crippen molar-refractivity contribution in [3.63, 3.8) is 0 Å². The Balaban J connectivity index is 1.87. The van der Waals surface area contributed by atoms with E-state index in [9.17, 15) is 0 Å². The van der Waals surface area contributed by atoms with Crippen molar-refractivity contribution < 1.29 is 9.15 Å². The molecular weight excluding hydrogens is 166 g/mol. The van der Waals surface area contributed by atoms with Gasteiger partial charge in [-0.05, 0) is 32.0 Å². The Morgan fingerprint density at radius 1 is 1.69 bits per heavy atom. The molecule has 0 unspecified atom stereocenters. The van der Waals surface area contributed by atoms with E-state index in [1.165, 1.54) is 0 Å². The van der Waals surface area contributed by atoms with Crippen LogP contribution >= 0.6 is 0 Å². The molecule has 1 aliphatic heterocycles. The summed E-state index contributed by atoms with van der Waals surface area (Å²) in [4.78, 5) is 0. The van der Waals surface area contributed by atoms with Crippen LogP contribution in [0.4, 0.5) is 0 Å². The molecule has 0 amide bonds. The Bertz CT molecular complexity index is 239. The Morgan fingerprint density at radius 3 is 3.23 bits per heavy atom. The van der Waals surface area contributed by atoms with Crippen molar-refractivity contribution in [1.82, 2.24) is 5.32 Å². The van der Waals surface area contributed by atoms with Crippen molar-refractivity contribution in [2.75, 3.05) is 13.1 Å². The predicted octanol–water partition coefficient (Wildman–Crippen LogP) is 1.72. The first-order valence-electron chi connectivity index (χ1n) is 4.76. The summed E-state index contributed by atoms with van der Waals surface area (Å²) >= 11 is 0. The van der Waals surface area contributed by atoms with E-state index in [2.05, 4.69) is 5.32 Å². The molecule has 72 valence electrons. The van der Waals surface area contributed by atoms with Gasteiger partial charge >= 0.3 is 0 Å². The van der Waals surface area contributed by atoms with Gasteiger partial charge < -0.3 is 14.5 Å². The molecule has 0 aliphatic carbocycles. The van der Waals surface area contributed by atoms with Gasteiger partial charge in [0.2, 0.25) is 0 Å². The molecule has 1 N–H and O–H groups in total. The lowest BCUT2D eigenvalue weighted by atomic mass is 10.2. The fraction of sp³-hybridized carbons (Fsp3) is 0.600. The maximum absolute atomic E-state index is 5.80. The highest BCUT2D eigenvalue weighted by molar-refractivity contribution is 5.01. The molecule has 0 spiro atoms. The Kier molecular flexibility index (Phi) is 2.66. The van der Waals surface area contributed by atoms with Crippen LogP contribution in [0.2, 0.25) is 0 Å². The van der Waals surface area contributed by atoms with Gasteiger partial charge in [-0.15, -0.1) is 0 Å². The summed E-state index contributed by atoms with van der Waals surface area (Å²) in [6.45, 7) is 4.05. The third-order valence-electron chi connectivity index (χ3n) is 2.36. The van der Waals surface area contributed by atoms with Gasteiger partial charge in [0, 0.05) is 6.54 Å². The first-order valence-corrected chi connectivity index (χ1v) is 4.76. The number of nitrogens with one attached hydrogen (secondary N) is 1. The largest absolute Gasteiger partial charge is 0.467 e. The fourth-order valence-electron chi connectivity index (χ4n) is 1.62. The summed E-state index contributed by atoms with van der Waals surface area (Å²) in [5, 5.41) is 3.27.